The molecular weight excluding hydrogens is 234 g/mol. The first kappa shape index (κ1) is 12.7. The van der Waals surface area contributed by atoms with Crippen LogP contribution >= 0.6 is 0 Å². The molecule has 1 aliphatic heterocycles. The van der Waals surface area contributed by atoms with Crippen LogP contribution in [0.5, 0.6) is 11.5 Å². The summed E-state index contributed by atoms with van der Waals surface area (Å²) in [5.41, 5.74) is 3.38. The van der Waals surface area contributed by atoms with Crippen molar-refractivity contribution in [2.75, 3.05) is 33.5 Å². The summed E-state index contributed by atoms with van der Waals surface area (Å²) in [5.74, 6) is 7.46. The lowest BCUT2D eigenvalue weighted by Gasteiger charge is -2.21. The molecule has 1 aromatic rings. The molecule has 2 rings (SSSR count). The maximum Gasteiger partial charge on any atom is 0.172 e. The molecule has 0 fully saturated rings. The van der Waals surface area contributed by atoms with Crippen LogP contribution in [0.4, 0.5) is 0 Å². The van der Waals surface area contributed by atoms with Crippen molar-refractivity contribution >= 4 is 5.84 Å². The third kappa shape index (κ3) is 2.72. The van der Waals surface area contributed by atoms with Crippen molar-refractivity contribution in [1.82, 2.24) is 5.43 Å². The Balaban J connectivity index is 2.27. The molecule has 0 unspecified atom stereocenters. The minimum Gasteiger partial charge on any atom is -0.486 e. The molecule has 1 aliphatic rings. The molecule has 0 radical (unpaired) electrons. The predicted octanol–water partition coefficient (Wildman–Crippen LogP) is 0.314. The second kappa shape index (κ2) is 6.23. The Morgan fingerprint density at radius 3 is 3.06 bits per heavy atom. The fourth-order valence-electron chi connectivity index (χ4n) is 1.72. The van der Waals surface area contributed by atoms with Gasteiger partial charge in [-0.05, 0) is 12.1 Å². The number of fused-ring (bicyclic) bond motifs is 1. The molecule has 1 heterocycles. The first-order valence-electron chi connectivity index (χ1n) is 5.76. The van der Waals surface area contributed by atoms with E-state index in [9.17, 15) is 0 Å². The van der Waals surface area contributed by atoms with Gasteiger partial charge in [0.05, 0.1) is 18.7 Å². The van der Waals surface area contributed by atoms with E-state index in [-0.39, 0.29) is 0 Å². The number of nitrogens with one attached hydrogen (secondary N) is 1. The van der Waals surface area contributed by atoms with E-state index < -0.39 is 0 Å². The highest BCUT2D eigenvalue weighted by Gasteiger charge is 2.18. The molecule has 0 amide bonds. The van der Waals surface area contributed by atoms with Gasteiger partial charge in [-0.1, -0.05) is 6.07 Å². The van der Waals surface area contributed by atoms with Crippen LogP contribution in [0, 0.1) is 0 Å². The number of aliphatic imine (C=N–C) groups is 1. The van der Waals surface area contributed by atoms with E-state index in [1.807, 2.05) is 18.2 Å². The van der Waals surface area contributed by atoms with E-state index in [1.165, 1.54) is 0 Å². The zero-order valence-corrected chi connectivity index (χ0v) is 10.3. The lowest BCUT2D eigenvalue weighted by Crippen LogP contribution is -2.32. The van der Waals surface area contributed by atoms with Gasteiger partial charge in [0, 0.05) is 7.11 Å². The number of benzene rings is 1. The Bertz CT molecular complexity index is 435. The lowest BCUT2D eigenvalue weighted by molar-refractivity contribution is 0.171. The first-order chi connectivity index (χ1) is 8.86. The number of nitrogens with two attached hydrogens (primary N) is 1. The summed E-state index contributed by atoms with van der Waals surface area (Å²) >= 11 is 0. The Hall–Kier alpha value is -1.79. The average Bonchev–Trinajstić information content (AvgIpc) is 2.43. The Morgan fingerprint density at radius 2 is 2.28 bits per heavy atom. The van der Waals surface area contributed by atoms with Gasteiger partial charge in [0.25, 0.3) is 0 Å². The number of nitrogens with zero attached hydrogens (tertiary/aromatic N) is 1. The summed E-state index contributed by atoms with van der Waals surface area (Å²) in [5, 5.41) is 0. The number of hydrazine groups is 1. The van der Waals surface area contributed by atoms with Crippen LogP contribution in [0.15, 0.2) is 23.2 Å². The number of rotatable bonds is 4. The van der Waals surface area contributed by atoms with E-state index >= 15 is 0 Å². The van der Waals surface area contributed by atoms with Crippen molar-refractivity contribution in [3.63, 3.8) is 0 Å². The quantitative estimate of drug-likeness (QED) is 0.265. The van der Waals surface area contributed by atoms with Gasteiger partial charge in [0.1, 0.15) is 19.0 Å². The van der Waals surface area contributed by atoms with Crippen LogP contribution in [0.25, 0.3) is 0 Å². The molecule has 98 valence electrons. The SMILES string of the molecule is COCCN=C(NN)c1cccc2c1OCCO2. The molecule has 1 aromatic carbocycles. The van der Waals surface area contributed by atoms with Crippen molar-refractivity contribution in [1.29, 1.82) is 0 Å². The second-order valence-electron chi connectivity index (χ2n) is 3.70. The van der Waals surface area contributed by atoms with Crippen molar-refractivity contribution in [2.24, 2.45) is 10.8 Å². The zero-order chi connectivity index (χ0) is 12.8. The largest absolute Gasteiger partial charge is 0.486 e. The molecule has 0 saturated carbocycles. The van der Waals surface area contributed by atoms with E-state index in [0.29, 0.717) is 43.7 Å². The minimum absolute atomic E-state index is 0.528. The summed E-state index contributed by atoms with van der Waals surface area (Å²) in [7, 11) is 1.63. The maximum absolute atomic E-state index is 5.61. The Labute approximate surface area is 106 Å². The van der Waals surface area contributed by atoms with Crippen LogP contribution in [0.2, 0.25) is 0 Å². The maximum atomic E-state index is 5.61. The molecular formula is C12H17N3O3. The second-order valence-corrected chi connectivity index (χ2v) is 3.70. The normalized spacial score (nSPS) is 14.4. The minimum atomic E-state index is 0.528. The standard InChI is InChI=1S/C12H17N3O3/c1-16-6-5-14-12(15-13)9-3-2-4-10-11(9)18-8-7-17-10/h2-4H,5-8,13H2,1H3,(H,14,15). The van der Waals surface area contributed by atoms with Gasteiger partial charge in [-0.15, -0.1) is 0 Å². The molecule has 0 atom stereocenters. The van der Waals surface area contributed by atoms with Gasteiger partial charge in [-0.2, -0.15) is 0 Å². The van der Waals surface area contributed by atoms with Gasteiger partial charge >= 0.3 is 0 Å². The average molecular weight is 251 g/mol. The Morgan fingerprint density at radius 1 is 1.44 bits per heavy atom. The smallest absolute Gasteiger partial charge is 0.172 e. The molecule has 0 saturated heterocycles. The van der Waals surface area contributed by atoms with Gasteiger partial charge in [0.15, 0.2) is 11.5 Å². The summed E-state index contributed by atoms with van der Waals surface area (Å²) in [4.78, 5) is 4.33. The van der Waals surface area contributed by atoms with Gasteiger partial charge in [-0.3, -0.25) is 4.99 Å². The monoisotopic (exact) mass is 251 g/mol. The van der Waals surface area contributed by atoms with Crippen LogP contribution in [-0.2, 0) is 4.74 Å². The first-order valence-corrected chi connectivity index (χ1v) is 5.76. The topological polar surface area (TPSA) is 78.1 Å². The number of ether oxygens (including phenoxy) is 3. The van der Waals surface area contributed by atoms with E-state index in [4.69, 9.17) is 20.1 Å². The third-order valence-electron chi connectivity index (χ3n) is 2.52. The Kier molecular flexibility index (Phi) is 4.38. The summed E-state index contributed by atoms with van der Waals surface area (Å²) < 4.78 is 16.1. The molecule has 6 nitrogen and oxygen atoms in total. The lowest BCUT2D eigenvalue weighted by atomic mass is 10.1. The summed E-state index contributed by atoms with van der Waals surface area (Å²) in [6.45, 7) is 2.15. The predicted molar refractivity (Wildman–Crippen MR) is 68.0 cm³/mol. The number of para-hydroxylation sites is 1. The molecule has 0 aliphatic carbocycles. The molecule has 6 heteroatoms. The van der Waals surface area contributed by atoms with E-state index in [0.717, 1.165) is 5.56 Å². The van der Waals surface area contributed by atoms with Crippen LogP contribution < -0.4 is 20.7 Å². The summed E-state index contributed by atoms with van der Waals surface area (Å²) in [6, 6.07) is 5.63. The summed E-state index contributed by atoms with van der Waals surface area (Å²) in [6.07, 6.45) is 0. The van der Waals surface area contributed by atoms with Crippen molar-refractivity contribution in [3.8, 4) is 11.5 Å². The van der Waals surface area contributed by atoms with Crippen LogP contribution in [0.1, 0.15) is 5.56 Å². The highest BCUT2D eigenvalue weighted by molar-refractivity contribution is 6.01. The number of hydrogen-bond donors (Lipinski definition) is 2. The highest BCUT2D eigenvalue weighted by atomic mass is 16.6. The van der Waals surface area contributed by atoms with Crippen LogP contribution in [-0.4, -0.2) is 39.3 Å². The fourth-order valence-corrected chi connectivity index (χ4v) is 1.72. The number of methoxy groups -OCH3 is 1. The highest BCUT2D eigenvalue weighted by Crippen LogP contribution is 2.33. The number of hydrogen-bond acceptors (Lipinski definition) is 5. The third-order valence-corrected chi connectivity index (χ3v) is 2.52. The molecule has 0 aromatic heterocycles. The molecule has 0 spiro atoms. The van der Waals surface area contributed by atoms with Gasteiger partial charge in [-0.25, -0.2) is 5.84 Å². The number of amidine groups is 1. The molecule has 3 N–H and O–H groups in total. The molecule has 0 bridgehead atoms. The zero-order valence-electron chi connectivity index (χ0n) is 10.3. The van der Waals surface area contributed by atoms with E-state index in [2.05, 4.69) is 10.4 Å². The van der Waals surface area contributed by atoms with Crippen molar-refractivity contribution in [2.45, 2.75) is 0 Å². The van der Waals surface area contributed by atoms with Gasteiger partial charge < -0.3 is 19.6 Å². The van der Waals surface area contributed by atoms with Crippen LogP contribution in [0.3, 0.4) is 0 Å². The molecule has 18 heavy (non-hydrogen) atoms. The van der Waals surface area contributed by atoms with Crippen molar-refractivity contribution < 1.29 is 14.2 Å². The fraction of sp³-hybridized carbons (Fsp3) is 0.417. The van der Waals surface area contributed by atoms with Crippen molar-refractivity contribution in [3.05, 3.63) is 23.8 Å². The van der Waals surface area contributed by atoms with E-state index in [1.54, 1.807) is 7.11 Å². The van der Waals surface area contributed by atoms with Gasteiger partial charge in [0.2, 0.25) is 0 Å².